The van der Waals surface area contributed by atoms with Gasteiger partial charge in [0.25, 0.3) is 5.91 Å². The Morgan fingerprint density at radius 1 is 1.42 bits per heavy atom. The standard InChI is InChI=1S/C14H18F3N3O2.2ClH/c1-22-9-13(5-2-6-20-13)8-19-12(21)11-4-3-10(7-18-11)14(15,16)17;;/h3-4,7,20H,2,5-6,8-9H2,1H3,(H,19,21);2*1H. The van der Waals surface area contributed by atoms with Crippen molar-refractivity contribution in [3.8, 4) is 0 Å². The summed E-state index contributed by atoms with van der Waals surface area (Å²) in [7, 11) is 1.58. The van der Waals surface area contributed by atoms with Gasteiger partial charge in [-0.3, -0.25) is 9.78 Å². The highest BCUT2D eigenvalue weighted by Crippen LogP contribution is 2.28. The second-order valence-electron chi connectivity index (χ2n) is 5.36. The fourth-order valence-electron chi connectivity index (χ4n) is 2.51. The van der Waals surface area contributed by atoms with Gasteiger partial charge in [-0.05, 0) is 31.5 Å². The lowest BCUT2D eigenvalue weighted by Crippen LogP contribution is -2.53. The molecule has 1 atom stereocenters. The molecule has 1 unspecified atom stereocenters. The number of amides is 1. The molecule has 2 heterocycles. The van der Waals surface area contributed by atoms with Crippen LogP contribution in [-0.4, -0.2) is 43.2 Å². The molecule has 0 bridgehead atoms. The number of nitrogens with one attached hydrogen (secondary N) is 2. The summed E-state index contributed by atoms with van der Waals surface area (Å²) in [4.78, 5) is 15.6. The van der Waals surface area contributed by atoms with Gasteiger partial charge in [0.05, 0.1) is 17.7 Å². The summed E-state index contributed by atoms with van der Waals surface area (Å²) in [6, 6.07) is 1.92. The topological polar surface area (TPSA) is 63.2 Å². The summed E-state index contributed by atoms with van der Waals surface area (Å²) >= 11 is 0. The number of alkyl halides is 3. The largest absolute Gasteiger partial charge is 0.417 e. The molecule has 1 aromatic rings. The number of pyridine rings is 1. The van der Waals surface area contributed by atoms with Gasteiger partial charge in [0.1, 0.15) is 5.69 Å². The van der Waals surface area contributed by atoms with Crippen molar-refractivity contribution in [1.29, 1.82) is 0 Å². The number of hydrogen-bond acceptors (Lipinski definition) is 4. The van der Waals surface area contributed by atoms with Crippen LogP contribution in [-0.2, 0) is 10.9 Å². The van der Waals surface area contributed by atoms with Crippen molar-refractivity contribution < 1.29 is 22.7 Å². The van der Waals surface area contributed by atoms with Crippen LogP contribution in [0.4, 0.5) is 13.2 Å². The fourth-order valence-corrected chi connectivity index (χ4v) is 2.51. The molecular formula is C14H20Cl2F3N3O2. The zero-order valence-corrected chi connectivity index (χ0v) is 14.6. The number of methoxy groups -OCH3 is 1. The molecule has 0 aromatic carbocycles. The van der Waals surface area contributed by atoms with Crippen LogP contribution in [0.2, 0.25) is 0 Å². The fraction of sp³-hybridized carbons (Fsp3) is 0.571. The van der Waals surface area contributed by atoms with Crippen molar-refractivity contribution in [2.24, 2.45) is 0 Å². The van der Waals surface area contributed by atoms with E-state index in [1.807, 2.05) is 0 Å². The second-order valence-corrected chi connectivity index (χ2v) is 5.36. The van der Waals surface area contributed by atoms with Crippen LogP contribution in [0, 0.1) is 0 Å². The Morgan fingerprint density at radius 3 is 2.58 bits per heavy atom. The van der Waals surface area contributed by atoms with Gasteiger partial charge in [-0.15, -0.1) is 24.8 Å². The number of aromatic nitrogens is 1. The third kappa shape index (κ3) is 5.77. The Hall–Kier alpha value is -1.09. The highest BCUT2D eigenvalue weighted by molar-refractivity contribution is 5.92. The number of ether oxygens (including phenoxy) is 1. The maximum atomic E-state index is 12.4. The lowest BCUT2D eigenvalue weighted by molar-refractivity contribution is -0.137. The van der Waals surface area contributed by atoms with E-state index in [-0.39, 0.29) is 36.0 Å². The number of carbonyl (C=O) groups excluding carboxylic acids is 1. The third-order valence-electron chi connectivity index (χ3n) is 3.66. The van der Waals surface area contributed by atoms with E-state index in [0.29, 0.717) is 19.3 Å². The quantitative estimate of drug-likeness (QED) is 0.811. The summed E-state index contributed by atoms with van der Waals surface area (Å²) in [6.45, 7) is 1.63. The number of nitrogens with zero attached hydrogens (tertiary/aromatic N) is 1. The Labute approximate surface area is 150 Å². The van der Waals surface area contributed by atoms with Crippen LogP contribution in [0.25, 0.3) is 0 Å². The highest BCUT2D eigenvalue weighted by atomic mass is 35.5. The van der Waals surface area contributed by atoms with E-state index in [4.69, 9.17) is 4.74 Å². The summed E-state index contributed by atoms with van der Waals surface area (Å²) in [5.74, 6) is -0.502. The molecular weight excluding hydrogens is 370 g/mol. The first kappa shape index (κ1) is 22.9. The zero-order valence-electron chi connectivity index (χ0n) is 13.0. The van der Waals surface area contributed by atoms with Crippen LogP contribution >= 0.6 is 24.8 Å². The number of rotatable bonds is 5. The van der Waals surface area contributed by atoms with Gasteiger partial charge in [-0.1, -0.05) is 0 Å². The van der Waals surface area contributed by atoms with E-state index in [9.17, 15) is 18.0 Å². The molecule has 0 saturated carbocycles. The van der Waals surface area contributed by atoms with E-state index >= 15 is 0 Å². The third-order valence-corrected chi connectivity index (χ3v) is 3.66. The molecule has 1 fully saturated rings. The van der Waals surface area contributed by atoms with Gasteiger partial charge in [0.15, 0.2) is 0 Å². The van der Waals surface area contributed by atoms with E-state index in [2.05, 4.69) is 15.6 Å². The van der Waals surface area contributed by atoms with Crippen LogP contribution < -0.4 is 10.6 Å². The second kappa shape index (κ2) is 9.41. The molecule has 0 radical (unpaired) electrons. The lowest BCUT2D eigenvalue weighted by Gasteiger charge is -2.28. The molecule has 1 amide bonds. The van der Waals surface area contributed by atoms with E-state index in [1.54, 1.807) is 7.11 Å². The molecule has 0 aliphatic carbocycles. The van der Waals surface area contributed by atoms with Gasteiger partial charge in [-0.25, -0.2) is 0 Å². The molecule has 2 rings (SSSR count). The Morgan fingerprint density at radius 2 is 2.12 bits per heavy atom. The monoisotopic (exact) mass is 389 g/mol. The summed E-state index contributed by atoms with van der Waals surface area (Å²) in [5.41, 5.74) is -1.24. The first-order valence-electron chi connectivity index (χ1n) is 6.92. The van der Waals surface area contributed by atoms with Gasteiger partial charge in [0, 0.05) is 19.9 Å². The van der Waals surface area contributed by atoms with Crippen LogP contribution in [0.3, 0.4) is 0 Å². The predicted octanol–water partition coefficient (Wildman–Crippen LogP) is 2.44. The van der Waals surface area contributed by atoms with Crippen LogP contribution in [0.1, 0.15) is 28.9 Å². The van der Waals surface area contributed by atoms with Crippen molar-refractivity contribution >= 4 is 30.7 Å². The molecule has 24 heavy (non-hydrogen) atoms. The molecule has 2 N–H and O–H groups in total. The van der Waals surface area contributed by atoms with Crippen LogP contribution in [0.5, 0.6) is 0 Å². The van der Waals surface area contributed by atoms with Crippen molar-refractivity contribution in [3.05, 3.63) is 29.6 Å². The minimum Gasteiger partial charge on any atom is -0.383 e. The maximum absolute atomic E-state index is 12.4. The van der Waals surface area contributed by atoms with Crippen molar-refractivity contribution in [3.63, 3.8) is 0 Å². The Kier molecular flexibility index (Phi) is 8.98. The molecule has 10 heteroatoms. The molecule has 5 nitrogen and oxygen atoms in total. The van der Waals surface area contributed by atoms with Gasteiger partial charge in [-0.2, -0.15) is 13.2 Å². The van der Waals surface area contributed by atoms with E-state index in [1.165, 1.54) is 0 Å². The predicted molar refractivity (Wildman–Crippen MR) is 87.9 cm³/mol. The summed E-state index contributed by atoms with van der Waals surface area (Å²) in [6.07, 6.45) is -1.95. The van der Waals surface area contributed by atoms with Gasteiger partial charge in [0.2, 0.25) is 0 Å². The highest BCUT2D eigenvalue weighted by Gasteiger charge is 2.34. The average molecular weight is 390 g/mol. The average Bonchev–Trinajstić information content (AvgIpc) is 2.93. The lowest BCUT2D eigenvalue weighted by atomic mass is 9.98. The molecule has 138 valence electrons. The molecule has 0 spiro atoms. The van der Waals surface area contributed by atoms with Crippen molar-refractivity contribution in [2.75, 3.05) is 26.8 Å². The molecule has 1 aromatic heterocycles. The minimum absolute atomic E-state index is 0. The number of hydrogen-bond donors (Lipinski definition) is 2. The molecule has 1 aliphatic rings. The first-order valence-corrected chi connectivity index (χ1v) is 6.92. The summed E-state index contributed by atoms with van der Waals surface area (Å²) < 4.78 is 42.5. The van der Waals surface area contributed by atoms with Crippen LogP contribution in [0.15, 0.2) is 18.3 Å². The van der Waals surface area contributed by atoms with Crippen molar-refractivity contribution in [1.82, 2.24) is 15.6 Å². The van der Waals surface area contributed by atoms with E-state index < -0.39 is 17.6 Å². The van der Waals surface area contributed by atoms with Gasteiger partial charge < -0.3 is 15.4 Å². The smallest absolute Gasteiger partial charge is 0.383 e. The number of carbonyl (C=O) groups is 1. The Bertz CT molecular complexity index is 521. The zero-order chi connectivity index (χ0) is 16.2. The molecule has 1 aliphatic heterocycles. The number of halogens is 5. The minimum atomic E-state index is -4.46. The van der Waals surface area contributed by atoms with Gasteiger partial charge >= 0.3 is 6.18 Å². The normalized spacial score (nSPS) is 20.0. The summed E-state index contributed by atoms with van der Waals surface area (Å²) in [5, 5.41) is 6.00. The first-order chi connectivity index (χ1) is 10.4. The molecule has 1 saturated heterocycles. The van der Waals surface area contributed by atoms with E-state index in [0.717, 1.165) is 31.5 Å². The maximum Gasteiger partial charge on any atom is 0.417 e. The van der Waals surface area contributed by atoms with Crippen molar-refractivity contribution in [2.45, 2.75) is 24.6 Å². The Balaban J connectivity index is 0.00000264. The SMILES string of the molecule is COCC1(CNC(=O)c2ccc(C(F)(F)F)cn2)CCCN1.Cl.Cl.